The smallest absolute Gasteiger partial charge is 0.261 e. The molecule has 0 fully saturated rings. The van der Waals surface area contributed by atoms with E-state index in [1.807, 2.05) is 13.8 Å². The van der Waals surface area contributed by atoms with Crippen molar-refractivity contribution in [2.45, 2.75) is 38.7 Å². The van der Waals surface area contributed by atoms with Crippen LogP contribution < -0.4 is 0 Å². The summed E-state index contributed by atoms with van der Waals surface area (Å²) in [6, 6.07) is 6.97. The van der Waals surface area contributed by atoms with E-state index in [0.717, 1.165) is 24.8 Å². The summed E-state index contributed by atoms with van der Waals surface area (Å²) in [5, 5.41) is 10.1. The monoisotopic (exact) mass is 299 g/mol. The predicted molar refractivity (Wildman–Crippen MR) is 83.5 cm³/mol. The second-order valence-electron chi connectivity index (χ2n) is 6.73. The minimum absolute atomic E-state index is 0.203. The van der Waals surface area contributed by atoms with Crippen molar-refractivity contribution >= 4 is 11.8 Å². The zero-order chi connectivity index (χ0) is 15.9. The van der Waals surface area contributed by atoms with Crippen molar-refractivity contribution in [1.82, 2.24) is 4.90 Å². The summed E-state index contributed by atoms with van der Waals surface area (Å²) in [5.74, 6) is -0.171. The maximum absolute atomic E-state index is 12.3. The summed E-state index contributed by atoms with van der Waals surface area (Å²) in [4.78, 5) is 26.0. The SMILES string of the molecule is CC(C)(O)C1CC=C(CN2C(=O)c3ccccc3C2=O)CC1. The minimum Gasteiger partial charge on any atom is -0.390 e. The van der Waals surface area contributed by atoms with Crippen LogP contribution in [0.5, 0.6) is 0 Å². The lowest BCUT2D eigenvalue weighted by Crippen LogP contribution is -2.35. The average molecular weight is 299 g/mol. The highest BCUT2D eigenvalue weighted by atomic mass is 16.3. The molecule has 1 aliphatic heterocycles. The van der Waals surface area contributed by atoms with Crippen molar-refractivity contribution < 1.29 is 14.7 Å². The number of nitrogens with zero attached hydrogens (tertiary/aromatic N) is 1. The van der Waals surface area contributed by atoms with Crippen LogP contribution in [0.1, 0.15) is 53.8 Å². The second-order valence-corrected chi connectivity index (χ2v) is 6.73. The predicted octanol–water partition coefficient (Wildman–Crippen LogP) is 2.78. The Hall–Kier alpha value is -1.94. The molecule has 1 aromatic rings. The van der Waals surface area contributed by atoms with Gasteiger partial charge < -0.3 is 5.11 Å². The summed E-state index contributed by atoms with van der Waals surface area (Å²) in [6.07, 6.45) is 4.58. The standard InChI is InChI=1S/C18H21NO3/c1-18(2,22)13-9-7-12(8-10-13)11-19-16(20)14-5-3-4-6-15(14)17(19)21/h3-7,13,22H,8-11H2,1-2H3. The van der Waals surface area contributed by atoms with E-state index < -0.39 is 5.60 Å². The van der Waals surface area contributed by atoms with Crippen LogP contribution in [0, 0.1) is 5.92 Å². The Balaban J connectivity index is 1.72. The fraction of sp³-hybridized carbons (Fsp3) is 0.444. The van der Waals surface area contributed by atoms with Gasteiger partial charge in [-0.25, -0.2) is 0 Å². The van der Waals surface area contributed by atoms with Crippen molar-refractivity contribution in [1.29, 1.82) is 0 Å². The Morgan fingerprint density at radius 2 is 1.77 bits per heavy atom. The average Bonchev–Trinajstić information content (AvgIpc) is 2.73. The number of hydrogen-bond donors (Lipinski definition) is 1. The van der Waals surface area contributed by atoms with Crippen molar-refractivity contribution in [3.8, 4) is 0 Å². The molecule has 0 radical (unpaired) electrons. The van der Waals surface area contributed by atoms with E-state index in [1.165, 1.54) is 4.90 Å². The number of allylic oxidation sites excluding steroid dienone is 1. The Labute approximate surface area is 130 Å². The number of imide groups is 1. The van der Waals surface area contributed by atoms with Gasteiger partial charge in [0.25, 0.3) is 11.8 Å². The number of fused-ring (bicyclic) bond motifs is 1. The van der Waals surface area contributed by atoms with Gasteiger partial charge in [-0.3, -0.25) is 14.5 Å². The Morgan fingerprint density at radius 3 is 2.23 bits per heavy atom. The summed E-state index contributed by atoms with van der Waals surface area (Å²) in [7, 11) is 0. The van der Waals surface area contributed by atoms with Crippen molar-refractivity contribution in [2.75, 3.05) is 6.54 Å². The molecule has 1 unspecified atom stereocenters. The molecule has 2 aliphatic rings. The lowest BCUT2D eigenvalue weighted by atomic mass is 9.79. The van der Waals surface area contributed by atoms with E-state index in [0.29, 0.717) is 17.7 Å². The van der Waals surface area contributed by atoms with Crippen molar-refractivity contribution in [3.05, 3.63) is 47.0 Å². The molecule has 0 saturated heterocycles. The van der Waals surface area contributed by atoms with Gasteiger partial charge in [-0.05, 0) is 51.2 Å². The van der Waals surface area contributed by atoms with Crippen LogP contribution >= 0.6 is 0 Å². The van der Waals surface area contributed by atoms with Crippen LogP contribution in [0.4, 0.5) is 0 Å². The number of hydrogen-bond acceptors (Lipinski definition) is 3. The molecule has 0 bridgehead atoms. The lowest BCUT2D eigenvalue weighted by molar-refractivity contribution is 0.0122. The lowest BCUT2D eigenvalue weighted by Gasteiger charge is -2.32. The first kappa shape index (κ1) is 15.0. The van der Waals surface area contributed by atoms with E-state index >= 15 is 0 Å². The van der Waals surface area contributed by atoms with E-state index in [2.05, 4.69) is 6.08 Å². The Morgan fingerprint density at radius 1 is 1.18 bits per heavy atom. The minimum atomic E-state index is -0.683. The van der Waals surface area contributed by atoms with E-state index in [-0.39, 0.29) is 17.7 Å². The molecule has 2 amide bonds. The quantitative estimate of drug-likeness (QED) is 0.689. The highest BCUT2D eigenvalue weighted by Crippen LogP contribution is 2.33. The fourth-order valence-electron chi connectivity index (χ4n) is 3.26. The molecule has 1 atom stereocenters. The highest BCUT2D eigenvalue weighted by molar-refractivity contribution is 6.21. The van der Waals surface area contributed by atoms with Crippen LogP contribution in [0.15, 0.2) is 35.9 Å². The molecule has 1 aromatic carbocycles. The number of rotatable bonds is 3. The van der Waals surface area contributed by atoms with Crippen molar-refractivity contribution in [2.24, 2.45) is 5.92 Å². The Bertz CT molecular complexity index is 620. The number of carbonyl (C=O) groups excluding carboxylic acids is 2. The summed E-state index contributed by atoms with van der Waals surface area (Å²) in [6.45, 7) is 4.03. The van der Waals surface area contributed by atoms with Gasteiger partial charge in [-0.15, -0.1) is 0 Å². The molecule has 116 valence electrons. The first-order valence-corrected chi connectivity index (χ1v) is 7.73. The normalized spacial score (nSPS) is 21.9. The zero-order valence-corrected chi connectivity index (χ0v) is 13.0. The first-order chi connectivity index (χ1) is 10.4. The molecule has 1 N–H and O–H groups in total. The number of amides is 2. The third-order valence-electron chi connectivity index (χ3n) is 4.74. The third kappa shape index (κ3) is 2.59. The summed E-state index contributed by atoms with van der Waals surface area (Å²) >= 11 is 0. The maximum atomic E-state index is 12.3. The van der Waals surface area contributed by atoms with Gasteiger partial charge in [0.1, 0.15) is 0 Å². The number of carbonyl (C=O) groups is 2. The topological polar surface area (TPSA) is 57.6 Å². The maximum Gasteiger partial charge on any atom is 0.261 e. The van der Waals surface area contributed by atoms with E-state index in [4.69, 9.17) is 0 Å². The third-order valence-corrected chi connectivity index (χ3v) is 4.74. The molecule has 1 heterocycles. The van der Waals surface area contributed by atoms with Gasteiger partial charge in [0.15, 0.2) is 0 Å². The fourth-order valence-corrected chi connectivity index (χ4v) is 3.26. The second kappa shape index (κ2) is 5.36. The molecule has 3 rings (SSSR count). The summed E-state index contributed by atoms with van der Waals surface area (Å²) in [5.41, 5.74) is 1.42. The van der Waals surface area contributed by atoms with Crippen LogP contribution in [-0.4, -0.2) is 34.0 Å². The van der Waals surface area contributed by atoms with Gasteiger partial charge in [-0.2, -0.15) is 0 Å². The van der Waals surface area contributed by atoms with Gasteiger partial charge >= 0.3 is 0 Å². The molecular formula is C18H21NO3. The molecule has 0 spiro atoms. The molecule has 1 aliphatic carbocycles. The molecule has 0 saturated carbocycles. The van der Waals surface area contributed by atoms with E-state index in [9.17, 15) is 14.7 Å². The molecular weight excluding hydrogens is 278 g/mol. The Kier molecular flexibility index (Phi) is 3.65. The van der Waals surface area contributed by atoms with E-state index in [1.54, 1.807) is 24.3 Å². The van der Waals surface area contributed by atoms with Gasteiger partial charge in [0.05, 0.1) is 23.3 Å². The first-order valence-electron chi connectivity index (χ1n) is 7.73. The molecule has 4 heteroatoms. The molecule has 0 aromatic heterocycles. The number of aliphatic hydroxyl groups is 1. The summed E-state index contributed by atoms with van der Waals surface area (Å²) < 4.78 is 0. The van der Waals surface area contributed by atoms with Crippen LogP contribution in [-0.2, 0) is 0 Å². The van der Waals surface area contributed by atoms with Crippen molar-refractivity contribution in [3.63, 3.8) is 0 Å². The largest absolute Gasteiger partial charge is 0.390 e. The number of benzene rings is 1. The van der Waals surface area contributed by atoms with Crippen LogP contribution in [0.2, 0.25) is 0 Å². The van der Waals surface area contributed by atoms with Gasteiger partial charge in [0, 0.05) is 0 Å². The highest BCUT2D eigenvalue weighted by Gasteiger charge is 2.36. The molecule has 4 nitrogen and oxygen atoms in total. The van der Waals surface area contributed by atoms with Gasteiger partial charge in [0.2, 0.25) is 0 Å². The molecule has 22 heavy (non-hydrogen) atoms. The van der Waals surface area contributed by atoms with Crippen LogP contribution in [0.3, 0.4) is 0 Å². The van der Waals surface area contributed by atoms with Crippen LogP contribution in [0.25, 0.3) is 0 Å². The van der Waals surface area contributed by atoms with Gasteiger partial charge in [-0.1, -0.05) is 23.8 Å². The zero-order valence-electron chi connectivity index (χ0n) is 13.0.